The number of hydrogen-bond acceptors (Lipinski definition) is 7. The highest BCUT2D eigenvalue weighted by Gasteiger charge is 2.21. The van der Waals surface area contributed by atoms with E-state index in [1.54, 1.807) is 35.6 Å². The molecule has 3 amide bonds. The van der Waals surface area contributed by atoms with Crippen LogP contribution in [0.1, 0.15) is 76.8 Å². The van der Waals surface area contributed by atoms with Crippen molar-refractivity contribution >= 4 is 45.8 Å². The van der Waals surface area contributed by atoms with E-state index in [0.717, 1.165) is 51.6 Å². The molecule has 0 spiro atoms. The topological polar surface area (TPSA) is 132 Å². The summed E-state index contributed by atoms with van der Waals surface area (Å²) in [5.74, 6) is -0.197. The van der Waals surface area contributed by atoms with Crippen molar-refractivity contribution in [2.45, 2.75) is 58.5 Å². The Labute approximate surface area is 271 Å². The molecule has 5 aromatic rings. The Morgan fingerprint density at radius 2 is 1.74 bits per heavy atom. The van der Waals surface area contributed by atoms with Gasteiger partial charge in [0.15, 0.2) is 0 Å². The van der Waals surface area contributed by atoms with E-state index in [2.05, 4.69) is 38.0 Å². The number of aromatic amines is 1. The molecule has 0 radical (unpaired) electrons. The number of amides is 3. The van der Waals surface area contributed by atoms with Gasteiger partial charge in [0.1, 0.15) is 5.82 Å². The minimum atomic E-state index is -0.472. The van der Waals surface area contributed by atoms with Crippen molar-refractivity contribution < 1.29 is 14.4 Å². The number of nitrogens with one attached hydrogen (secondary N) is 4. The summed E-state index contributed by atoms with van der Waals surface area (Å²) in [5.41, 5.74) is 13.0. The molecule has 1 saturated heterocycles. The van der Waals surface area contributed by atoms with Crippen LogP contribution in [-0.4, -0.2) is 50.2 Å². The van der Waals surface area contributed by atoms with Gasteiger partial charge in [0.2, 0.25) is 5.91 Å². The maximum Gasteiger partial charge on any atom is 0.269 e. The summed E-state index contributed by atoms with van der Waals surface area (Å²) in [6.07, 6.45) is 2.63. The first-order valence-electron chi connectivity index (χ1n) is 15.5. The monoisotopic (exact) mass is 635 g/mol. The molecule has 2 aromatic heterocycles. The second-order valence-corrected chi connectivity index (χ2v) is 12.8. The van der Waals surface area contributed by atoms with E-state index in [0.29, 0.717) is 22.9 Å². The maximum atomic E-state index is 12.9. The van der Waals surface area contributed by atoms with E-state index in [9.17, 15) is 14.4 Å². The van der Waals surface area contributed by atoms with E-state index < -0.39 is 5.91 Å². The second-order valence-electron chi connectivity index (χ2n) is 11.9. The summed E-state index contributed by atoms with van der Waals surface area (Å²) in [6.45, 7) is 8.07. The molecule has 3 heterocycles. The smallest absolute Gasteiger partial charge is 0.269 e. The molecule has 0 unspecified atom stereocenters. The fourth-order valence-corrected chi connectivity index (χ4v) is 6.61. The number of thiazole rings is 1. The van der Waals surface area contributed by atoms with Crippen LogP contribution in [0.3, 0.4) is 0 Å². The van der Waals surface area contributed by atoms with Gasteiger partial charge < -0.3 is 10.3 Å². The molecule has 11 heteroatoms. The number of hydrazine groups is 1. The van der Waals surface area contributed by atoms with Gasteiger partial charge in [-0.05, 0) is 92.7 Å². The van der Waals surface area contributed by atoms with Crippen molar-refractivity contribution in [2.24, 2.45) is 0 Å². The van der Waals surface area contributed by atoms with Gasteiger partial charge in [-0.2, -0.15) is 0 Å². The zero-order chi connectivity index (χ0) is 32.2. The highest BCUT2D eigenvalue weighted by molar-refractivity contribution is 7.13. The highest BCUT2D eigenvalue weighted by atomic mass is 32.1. The molecule has 46 heavy (non-hydrogen) atoms. The predicted octanol–water partition coefficient (Wildman–Crippen LogP) is 6.19. The summed E-state index contributed by atoms with van der Waals surface area (Å²) in [7, 11) is 0. The number of anilines is 1. The molecule has 236 valence electrons. The van der Waals surface area contributed by atoms with E-state index in [-0.39, 0.29) is 24.2 Å². The van der Waals surface area contributed by atoms with Crippen LogP contribution < -0.4 is 16.2 Å². The van der Waals surface area contributed by atoms with Gasteiger partial charge in [-0.3, -0.25) is 30.1 Å². The van der Waals surface area contributed by atoms with Gasteiger partial charge >= 0.3 is 0 Å². The predicted molar refractivity (Wildman–Crippen MR) is 181 cm³/mol. The highest BCUT2D eigenvalue weighted by Crippen LogP contribution is 2.29. The summed E-state index contributed by atoms with van der Waals surface area (Å²) >= 11 is 1.60. The third-order valence-corrected chi connectivity index (χ3v) is 9.51. The SMILES string of the molecule is Cc1ncsc1-c1ccc([C@@H](C)CC(=O)NNC(=O)c2ccc(C(=O)Nc3ccc4[nH]c(CN5CCC[C@@H]5C)nc4c3)cc2)cc1. The lowest BCUT2D eigenvalue weighted by molar-refractivity contribution is -0.122. The molecule has 6 rings (SSSR count). The lowest BCUT2D eigenvalue weighted by atomic mass is 9.96. The summed E-state index contributed by atoms with van der Waals surface area (Å²) in [6, 6.07) is 20.5. The molecular weight excluding hydrogens is 598 g/mol. The van der Waals surface area contributed by atoms with Crippen molar-refractivity contribution in [2.75, 3.05) is 11.9 Å². The first-order valence-corrected chi connectivity index (χ1v) is 16.3. The van der Waals surface area contributed by atoms with Crippen LogP contribution in [0.25, 0.3) is 21.5 Å². The van der Waals surface area contributed by atoms with Crippen molar-refractivity contribution in [3.8, 4) is 10.4 Å². The molecule has 10 nitrogen and oxygen atoms in total. The lowest BCUT2D eigenvalue weighted by Gasteiger charge is -2.19. The van der Waals surface area contributed by atoms with Gasteiger partial charge in [-0.25, -0.2) is 9.97 Å². The number of aryl methyl sites for hydroxylation is 1. The number of benzene rings is 3. The van der Waals surface area contributed by atoms with Crippen molar-refractivity contribution in [3.05, 3.63) is 100 Å². The van der Waals surface area contributed by atoms with Crippen LogP contribution in [0.5, 0.6) is 0 Å². The third kappa shape index (κ3) is 7.16. The number of H-pyrrole nitrogens is 1. The molecule has 1 aliphatic rings. The Hall–Kier alpha value is -4.87. The quantitative estimate of drug-likeness (QED) is 0.143. The molecule has 1 aliphatic heterocycles. The van der Waals surface area contributed by atoms with Crippen molar-refractivity contribution in [1.82, 2.24) is 30.7 Å². The molecular formula is C35H37N7O3S. The molecule has 0 aliphatic carbocycles. The van der Waals surface area contributed by atoms with Crippen LogP contribution in [0.2, 0.25) is 0 Å². The van der Waals surface area contributed by atoms with Crippen molar-refractivity contribution in [3.63, 3.8) is 0 Å². The Morgan fingerprint density at radius 1 is 1.00 bits per heavy atom. The zero-order valence-electron chi connectivity index (χ0n) is 26.1. The number of aromatic nitrogens is 3. The number of imidazole rings is 1. The molecule has 0 saturated carbocycles. The standard InChI is InChI=1S/C35H37N7O3S/c1-21(24-6-8-25(9-7-24)33-23(3)36-20-46-33)17-32(43)40-41-35(45)27-12-10-26(11-13-27)34(44)37-28-14-15-29-30(18-28)39-31(38-29)19-42-16-4-5-22(42)2/h6-15,18,20-22H,4-5,16-17,19H2,1-3H3,(H,37,44)(H,38,39)(H,40,43)(H,41,45)/t21-,22-/m0/s1. The molecule has 1 fully saturated rings. The van der Waals surface area contributed by atoms with Gasteiger partial charge in [-0.15, -0.1) is 11.3 Å². The van der Waals surface area contributed by atoms with Crippen LogP contribution >= 0.6 is 11.3 Å². The number of rotatable bonds is 9. The average Bonchev–Trinajstić information content (AvgIpc) is 3.79. The van der Waals surface area contributed by atoms with E-state index in [1.807, 2.05) is 61.8 Å². The second kappa shape index (κ2) is 13.6. The minimum Gasteiger partial charge on any atom is -0.341 e. The summed E-state index contributed by atoms with van der Waals surface area (Å²) in [4.78, 5) is 54.1. The van der Waals surface area contributed by atoms with E-state index in [1.165, 1.54) is 12.8 Å². The van der Waals surface area contributed by atoms with Crippen LogP contribution in [0, 0.1) is 6.92 Å². The molecule has 4 N–H and O–H groups in total. The summed E-state index contributed by atoms with van der Waals surface area (Å²) < 4.78 is 0. The van der Waals surface area contributed by atoms with Gasteiger partial charge in [0, 0.05) is 29.3 Å². The maximum absolute atomic E-state index is 12.9. The first-order chi connectivity index (χ1) is 22.2. The van der Waals surface area contributed by atoms with Gasteiger partial charge in [0.05, 0.1) is 33.7 Å². The normalized spacial score (nSPS) is 15.5. The number of nitrogens with zero attached hydrogens (tertiary/aromatic N) is 3. The fourth-order valence-electron chi connectivity index (χ4n) is 5.80. The molecule has 2 atom stereocenters. The summed E-state index contributed by atoms with van der Waals surface area (Å²) in [5, 5.41) is 2.91. The Balaban J connectivity index is 0.981. The number of hydrogen-bond donors (Lipinski definition) is 4. The van der Waals surface area contributed by atoms with Crippen LogP contribution in [0.15, 0.2) is 72.2 Å². The largest absolute Gasteiger partial charge is 0.341 e. The van der Waals surface area contributed by atoms with Gasteiger partial charge in [0.25, 0.3) is 11.8 Å². The first kappa shape index (κ1) is 31.1. The van der Waals surface area contributed by atoms with Gasteiger partial charge in [-0.1, -0.05) is 31.2 Å². The Bertz CT molecular complexity index is 1860. The van der Waals surface area contributed by atoms with E-state index in [4.69, 9.17) is 4.98 Å². The number of carbonyl (C=O) groups is 3. The molecule has 0 bridgehead atoms. The number of likely N-dealkylation sites (tertiary alicyclic amines) is 1. The van der Waals surface area contributed by atoms with E-state index >= 15 is 0 Å². The lowest BCUT2D eigenvalue weighted by Crippen LogP contribution is -2.42. The Kier molecular flexibility index (Phi) is 9.23. The minimum absolute atomic E-state index is 0.0409. The zero-order valence-corrected chi connectivity index (χ0v) is 26.9. The number of fused-ring (bicyclic) bond motifs is 1. The number of carbonyl (C=O) groups excluding carboxylic acids is 3. The molecule has 3 aromatic carbocycles. The van der Waals surface area contributed by atoms with Crippen LogP contribution in [-0.2, 0) is 11.3 Å². The average molecular weight is 636 g/mol. The fraction of sp³-hybridized carbons (Fsp3) is 0.286. The van der Waals surface area contributed by atoms with Crippen molar-refractivity contribution in [1.29, 1.82) is 0 Å². The third-order valence-electron chi connectivity index (χ3n) is 8.54. The Morgan fingerprint density at radius 3 is 2.41 bits per heavy atom. The van der Waals surface area contributed by atoms with Crippen LogP contribution in [0.4, 0.5) is 5.69 Å².